The van der Waals surface area contributed by atoms with Crippen LogP contribution in [0.2, 0.25) is 0 Å². The first kappa shape index (κ1) is 26.0. The van der Waals surface area contributed by atoms with E-state index >= 15 is 0 Å². The van der Waals surface area contributed by atoms with Crippen molar-refractivity contribution in [2.24, 2.45) is 0 Å². The van der Waals surface area contributed by atoms with E-state index in [0.29, 0.717) is 0 Å². The van der Waals surface area contributed by atoms with Crippen molar-refractivity contribution in [2.45, 2.75) is 0 Å². The van der Waals surface area contributed by atoms with Crippen LogP contribution in [-0.2, 0) is 0 Å². The molecule has 0 aliphatic heterocycles. The largest absolute Gasteiger partial charge is 0.455 e. The molecule has 0 amide bonds. The summed E-state index contributed by atoms with van der Waals surface area (Å²) in [5, 5.41) is 9.01. The summed E-state index contributed by atoms with van der Waals surface area (Å²) in [4.78, 5) is 2.34. The number of nitrogens with zero attached hydrogens (tertiary/aromatic N) is 1. The minimum atomic E-state index is 0.846. The predicted molar refractivity (Wildman–Crippen MR) is 196 cm³/mol. The molecule has 0 saturated carbocycles. The average molecular weight is 602 g/mol. The first-order chi connectivity index (χ1) is 23.3. The molecule has 0 unspecified atom stereocenters. The summed E-state index contributed by atoms with van der Waals surface area (Å²) in [6.07, 6.45) is 0. The fourth-order valence-electron chi connectivity index (χ4n) is 7.31. The number of benzene rings is 8. The van der Waals surface area contributed by atoms with Gasteiger partial charge in [-0.2, -0.15) is 0 Å². The van der Waals surface area contributed by atoms with Crippen molar-refractivity contribution in [1.82, 2.24) is 0 Å². The molecule has 0 atom stereocenters. The molecule has 0 bridgehead atoms. The SMILES string of the molecule is c1ccc(-c2cccc(N(c3cc4oc5c6ccccc6ccc5c4c4ccccc34)c3cccc4c3oc3ccccc34)c2)cc1. The Kier molecular flexibility index (Phi) is 5.57. The van der Waals surface area contributed by atoms with Crippen LogP contribution in [0.5, 0.6) is 0 Å². The molecule has 0 aliphatic carbocycles. The highest BCUT2D eigenvalue weighted by Crippen LogP contribution is 2.48. The second-order valence-electron chi connectivity index (χ2n) is 12.1. The maximum Gasteiger partial charge on any atom is 0.159 e. The molecule has 0 aliphatic rings. The van der Waals surface area contributed by atoms with E-state index in [1.807, 2.05) is 12.1 Å². The van der Waals surface area contributed by atoms with E-state index in [2.05, 4.69) is 157 Å². The summed E-state index contributed by atoms with van der Waals surface area (Å²) >= 11 is 0. The number of anilines is 3. The Morgan fingerprint density at radius 1 is 0.362 bits per heavy atom. The van der Waals surface area contributed by atoms with Crippen molar-refractivity contribution in [2.75, 3.05) is 4.90 Å². The van der Waals surface area contributed by atoms with E-state index in [-0.39, 0.29) is 0 Å². The van der Waals surface area contributed by atoms with Crippen LogP contribution in [-0.4, -0.2) is 0 Å². The topological polar surface area (TPSA) is 29.5 Å². The van der Waals surface area contributed by atoms with E-state index in [0.717, 1.165) is 82.7 Å². The van der Waals surface area contributed by atoms with E-state index in [1.165, 1.54) is 10.9 Å². The van der Waals surface area contributed by atoms with Gasteiger partial charge in [0.05, 0.1) is 11.4 Å². The number of furan rings is 2. The monoisotopic (exact) mass is 601 g/mol. The van der Waals surface area contributed by atoms with Gasteiger partial charge < -0.3 is 13.7 Å². The smallest absolute Gasteiger partial charge is 0.159 e. The fourth-order valence-corrected chi connectivity index (χ4v) is 7.31. The molecule has 10 rings (SSSR count). The van der Waals surface area contributed by atoms with Gasteiger partial charge in [0, 0.05) is 44.1 Å². The zero-order valence-electron chi connectivity index (χ0n) is 25.4. The molecule has 2 heterocycles. The van der Waals surface area contributed by atoms with Crippen molar-refractivity contribution >= 4 is 82.5 Å². The molecule has 47 heavy (non-hydrogen) atoms. The molecule has 2 aromatic heterocycles. The van der Waals surface area contributed by atoms with Crippen LogP contribution in [0, 0.1) is 0 Å². The van der Waals surface area contributed by atoms with E-state index < -0.39 is 0 Å². The quantitative estimate of drug-likeness (QED) is 0.201. The molecule has 220 valence electrons. The Bertz CT molecular complexity index is 2810. The van der Waals surface area contributed by atoms with Gasteiger partial charge in [0.25, 0.3) is 0 Å². The third kappa shape index (κ3) is 3.93. The van der Waals surface area contributed by atoms with Gasteiger partial charge in [-0.05, 0) is 52.2 Å². The van der Waals surface area contributed by atoms with Crippen molar-refractivity contribution in [3.05, 3.63) is 164 Å². The molecule has 8 aromatic carbocycles. The summed E-state index contributed by atoms with van der Waals surface area (Å²) in [6.45, 7) is 0. The zero-order valence-corrected chi connectivity index (χ0v) is 25.4. The molecule has 10 aromatic rings. The number of fused-ring (bicyclic) bond motifs is 10. The lowest BCUT2D eigenvalue weighted by Gasteiger charge is -2.27. The normalized spacial score (nSPS) is 11.8. The van der Waals surface area contributed by atoms with Gasteiger partial charge in [-0.1, -0.05) is 127 Å². The second-order valence-corrected chi connectivity index (χ2v) is 12.1. The van der Waals surface area contributed by atoms with Crippen LogP contribution in [0.15, 0.2) is 173 Å². The summed E-state index contributed by atoms with van der Waals surface area (Å²) < 4.78 is 13.5. The maximum atomic E-state index is 6.81. The van der Waals surface area contributed by atoms with Gasteiger partial charge in [0.15, 0.2) is 5.58 Å². The highest BCUT2D eigenvalue weighted by molar-refractivity contribution is 6.26. The molecule has 0 saturated heterocycles. The maximum absolute atomic E-state index is 6.81. The second kappa shape index (κ2) is 10.1. The molecule has 0 spiro atoms. The van der Waals surface area contributed by atoms with Gasteiger partial charge in [-0.15, -0.1) is 0 Å². The summed E-state index contributed by atoms with van der Waals surface area (Å²) in [6, 6.07) is 57.7. The molecule has 0 N–H and O–H groups in total. The van der Waals surface area contributed by atoms with Gasteiger partial charge in [-0.3, -0.25) is 0 Å². The average Bonchev–Trinajstić information content (AvgIpc) is 3.72. The molecule has 0 fully saturated rings. The first-order valence-corrected chi connectivity index (χ1v) is 15.9. The van der Waals surface area contributed by atoms with Crippen molar-refractivity contribution < 1.29 is 8.83 Å². The summed E-state index contributed by atoms with van der Waals surface area (Å²) in [7, 11) is 0. The minimum Gasteiger partial charge on any atom is -0.455 e. The summed E-state index contributed by atoms with van der Waals surface area (Å²) in [5.41, 5.74) is 8.82. The number of hydrogen-bond acceptors (Lipinski definition) is 3. The Balaban J connectivity index is 1.32. The van der Waals surface area contributed by atoms with Crippen LogP contribution >= 0.6 is 0 Å². The molecule has 0 radical (unpaired) electrons. The standard InChI is InChI=1S/C44H27NO2/c1-2-12-28(13-3-1)30-15-10-16-31(26-30)45(38-22-11-21-36-34-19-8-9-23-40(34)46-44(36)38)39-27-41-42(35-20-7-6-18-33(35)39)37-25-24-29-14-4-5-17-32(29)43(37)47-41/h1-27H. The zero-order chi connectivity index (χ0) is 30.9. The lowest BCUT2D eigenvalue weighted by atomic mass is 9.99. The van der Waals surface area contributed by atoms with Gasteiger partial charge >= 0.3 is 0 Å². The molecular formula is C44H27NO2. The number of hydrogen-bond donors (Lipinski definition) is 0. The van der Waals surface area contributed by atoms with Crippen LogP contribution < -0.4 is 4.90 Å². The molecule has 3 heteroatoms. The number of rotatable bonds is 4. The van der Waals surface area contributed by atoms with Crippen molar-refractivity contribution in [3.8, 4) is 11.1 Å². The predicted octanol–water partition coefficient (Wildman–Crippen LogP) is 12.9. The van der Waals surface area contributed by atoms with Gasteiger partial charge in [0.2, 0.25) is 0 Å². The third-order valence-electron chi connectivity index (χ3n) is 9.42. The molecule has 3 nitrogen and oxygen atoms in total. The summed E-state index contributed by atoms with van der Waals surface area (Å²) in [5.74, 6) is 0. The van der Waals surface area contributed by atoms with Crippen molar-refractivity contribution in [1.29, 1.82) is 0 Å². The van der Waals surface area contributed by atoms with Crippen LogP contribution in [0.1, 0.15) is 0 Å². The van der Waals surface area contributed by atoms with Crippen LogP contribution in [0.3, 0.4) is 0 Å². The number of para-hydroxylation sites is 2. The van der Waals surface area contributed by atoms with Crippen LogP contribution in [0.4, 0.5) is 17.1 Å². The highest BCUT2D eigenvalue weighted by atomic mass is 16.3. The van der Waals surface area contributed by atoms with Gasteiger partial charge in [0.1, 0.15) is 16.7 Å². The third-order valence-corrected chi connectivity index (χ3v) is 9.42. The minimum absolute atomic E-state index is 0.846. The highest BCUT2D eigenvalue weighted by Gasteiger charge is 2.24. The Morgan fingerprint density at radius 2 is 1.04 bits per heavy atom. The van der Waals surface area contributed by atoms with E-state index in [4.69, 9.17) is 8.83 Å². The fraction of sp³-hybridized carbons (Fsp3) is 0. The molecular weight excluding hydrogens is 574 g/mol. The lowest BCUT2D eigenvalue weighted by molar-refractivity contribution is 0.668. The van der Waals surface area contributed by atoms with Gasteiger partial charge in [-0.25, -0.2) is 0 Å². The van der Waals surface area contributed by atoms with Crippen molar-refractivity contribution in [3.63, 3.8) is 0 Å². The Morgan fingerprint density at radius 3 is 1.94 bits per heavy atom. The Hall–Kier alpha value is -6.32. The lowest BCUT2D eigenvalue weighted by Crippen LogP contribution is -2.11. The first-order valence-electron chi connectivity index (χ1n) is 15.9. The van der Waals surface area contributed by atoms with E-state index in [9.17, 15) is 0 Å². The Labute approximate surface area is 270 Å². The van der Waals surface area contributed by atoms with E-state index in [1.54, 1.807) is 0 Å². The van der Waals surface area contributed by atoms with Crippen LogP contribution in [0.25, 0.3) is 76.5 Å².